The molecule has 6 heteroatoms. The minimum atomic E-state index is 0.328. The molecule has 1 fully saturated rings. The number of benzene rings is 2. The Morgan fingerprint density at radius 3 is 2.79 bits per heavy atom. The summed E-state index contributed by atoms with van der Waals surface area (Å²) >= 11 is 0. The first-order valence-electron chi connectivity index (χ1n) is 11.5. The average Bonchev–Trinajstić information content (AvgIpc) is 3.17. The number of nitriles is 1. The van der Waals surface area contributed by atoms with Crippen molar-refractivity contribution in [2.24, 2.45) is 4.99 Å². The summed E-state index contributed by atoms with van der Waals surface area (Å²) in [5, 5.41) is 9.53. The van der Waals surface area contributed by atoms with Crippen LogP contribution in [0.3, 0.4) is 0 Å². The molecule has 2 aromatic carbocycles. The number of nitrogens with zero attached hydrogens (tertiary/aromatic N) is 5. The predicted molar refractivity (Wildman–Crippen MR) is 136 cm³/mol. The van der Waals surface area contributed by atoms with Crippen LogP contribution >= 0.6 is 0 Å². The highest BCUT2D eigenvalue weighted by Crippen LogP contribution is 2.43. The smallest absolute Gasteiger partial charge is 0.119 e. The third-order valence-electron chi connectivity index (χ3n) is 6.62. The van der Waals surface area contributed by atoms with Gasteiger partial charge in [0.25, 0.3) is 0 Å². The van der Waals surface area contributed by atoms with Crippen LogP contribution in [0.5, 0.6) is 5.75 Å². The summed E-state index contributed by atoms with van der Waals surface area (Å²) in [6, 6.07) is 13.5. The van der Waals surface area contributed by atoms with E-state index in [-0.39, 0.29) is 0 Å². The van der Waals surface area contributed by atoms with Gasteiger partial charge in [0.2, 0.25) is 0 Å². The lowest BCUT2D eigenvalue weighted by Crippen LogP contribution is -2.51. The van der Waals surface area contributed by atoms with E-state index in [1.807, 2.05) is 25.1 Å². The fourth-order valence-corrected chi connectivity index (χ4v) is 5.00. The number of allylic oxidation sites excluding steroid dienone is 1. The monoisotopic (exact) mass is 443 g/mol. The molecule has 0 amide bonds. The average molecular weight is 444 g/mol. The van der Waals surface area contributed by atoms with Crippen molar-refractivity contribution >= 4 is 24.2 Å². The molecule has 2 heterocycles. The maximum atomic E-state index is 9.53. The predicted octanol–water partition coefficient (Wildman–Crippen LogP) is 4.63. The molecule has 0 aromatic heterocycles. The van der Waals surface area contributed by atoms with E-state index in [1.165, 1.54) is 11.1 Å². The van der Waals surface area contributed by atoms with Gasteiger partial charge in [-0.25, -0.2) is 0 Å². The van der Waals surface area contributed by atoms with Crippen molar-refractivity contribution in [1.82, 2.24) is 9.80 Å². The molecule has 0 spiro atoms. The van der Waals surface area contributed by atoms with Crippen LogP contribution < -0.4 is 9.64 Å². The third-order valence-corrected chi connectivity index (χ3v) is 6.62. The van der Waals surface area contributed by atoms with Crippen LogP contribution in [0.1, 0.15) is 42.1 Å². The second kappa shape index (κ2) is 9.78. The summed E-state index contributed by atoms with van der Waals surface area (Å²) in [6.07, 6.45) is 4.04. The second-order valence-electron chi connectivity index (χ2n) is 9.12. The highest BCUT2D eigenvalue weighted by atomic mass is 16.5. The normalized spacial score (nSPS) is 20.1. The summed E-state index contributed by atoms with van der Waals surface area (Å²) in [4.78, 5) is 11.4. The first-order valence-corrected chi connectivity index (χ1v) is 11.5. The number of aliphatic imine (C=N–C) groups is 1. The standard InChI is InChI=1S/C27H33N5O/c1-6-7-24-25(11-8-20(15-28)27(24)29-3)31-16-19(2)32-17-21-14-22(33-13-12-30(4)5)9-10-23(21)26(32)18-31/h6-11,14,19,26H,3,12-13,16-18H2,1-2,4-5H3/b7-6-/t19-,26?/m1/s1. The van der Waals surface area contributed by atoms with Gasteiger partial charge in [-0.2, -0.15) is 5.26 Å². The van der Waals surface area contributed by atoms with Gasteiger partial charge < -0.3 is 14.5 Å². The quantitative estimate of drug-likeness (QED) is 0.584. The van der Waals surface area contributed by atoms with Gasteiger partial charge in [-0.05, 0) is 70.1 Å². The molecule has 2 aromatic rings. The summed E-state index contributed by atoms with van der Waals surface area (Å²) in [5.74, 6) is 0.948. The van der Waals surface area contributed by atoms with Gasteiger partial charge in [0, 0.05) is 43.5 Å². The first kappa shape index (κ1) is 23.0. The van der Waals surface area contributed by atoms with E-state index in [2.05, 4.69) is 77.8 Å². The molecular weight excluding hydrogens is 410 g/mol. The van der Waals surface area contributed by atoms with Gasteiger partial charge in [-0.1, -0.05) is 18.2 Å². The highest BCUT2D eigenvalue weighted by Gasteiger charge is 2.39. The zero-order chi connectivity index (χ0) is 23.5. The number of likely N-dealkylation sites (N-methyl/N-ethyl adjacent to an activating group) is 1. The van der Waals surface area contributed by atoms with Gasteiger partial charge in [0.15, 0.2) is 0 Å². The molecule has 33 heavy (non-hydrogen) atoms. The summed E-state index contributed by atoms with van der Waals surface area (Å²) in [5.41, 5.74) is 6.04. The lowest BCUT2D eigenvalue weighted by molar-refractivity contribution is 0.134. The first-order chi connectivity index (χ1) is 16.0. The maximum absolute atomic E-state index is 9.53. The number of piperazine rings is 1. The largest absolute Gasteiger partial charge is 0.492 e. The Bertz CT molecular complexity index is 1100. The lowest BCUT2D eigenvalue weighted by Gasteiger charge is -2.44. The summed E-state index contributed by atoms with van der Waals surface area (Å²) < 4.78 is 5.98. The fraction of sp³-hybridized carbons (Fsp3) is 0.407. The van der Waals surface area contributed by atoms with Crippen molar-refractivity contribution in [3.05, 3.63) is 58.7 Å². The Morgan fingerprint density at radius 1 is 1.27 bits per heavy atom. The zero-order valence-corrected chi connectivity index (χ0v) is 20.1. The second-order valence-corrected chi connectivity index (χ2v) is 9.12. The highest BCUT2D eigenvalue weighted by molar-refractivity contribution is 5.82. The van der Waals surface area contributed by atoms with E-state index < -0.39 is 0 Å². The topological polar surface area (TPSA) is 55.1 Å². The number of hydrogen-bond donors (Lipinski definition) is 0. The van der Waals surface area contributed by atoms with Crippen LogP contribution in [0.2, 0.25) is 0 Å². The van der Waals surface area contributed by atoms with Crippen LogP contribution in [0.25, 0.3) is 6.08 Å². The molecule has 2 atom stereocenters. The van der Waals surface area contributed by atoms with E-state index in [1.54, 1.807) is 0 Å². The molecule has 0 N–H and O–H groups in total. The van der Waals surface area contributed by atoms with E-state index in [0.29, 0.717) is 29.9 Å². The molecule has 0 bridgehead atoms. The Morgan fingerprint density at radius 2 is 2.09 bits per heavy atom. The molecule has 1 unspecified atom stereocenters. The minimum Gasteiger partial charge on any atom is -0.492 e. The molecule has 0 radical (unpaired) electrons. The van der Waals surface area contributed by atoms with Crippen molar-refractivity contribution in [2.75, 3.05) is 45.2 Å². The summed E-state index contributed by atoms with van der Waals surface area (Å²) in [6.45, 7) is 12.4. The molecule has 0 saturated carbocycles. The van der Waals surface area contributed by atoms with Crippen LogP contribution in [0.4, 0.5) is 11.4 Å². The van der Waals surface area contributed by atoms with Gasteiger partial charge in [0.1, 0.15) is 18.4 Å². The Labute approximate surface area is 197 Å². The van der Waals surface area contributed by atoms with Crippen LogP contribution in [0.15, 0.2) is 41.4 Å². The maximum Gasteiger partial charge on any atom is 0.119 e. The van der Waals surface area contributed by atoms with Gasteiger partial charge >= 0.3 is 0 Å². The van der Waals surface area contributed by atoms with Crippen molar-refractivity contribution in [1.29, 1.82) is 5.26 Å². The molecule has 4 rings (SSSR count). The number of anilines is 1. The lowest BCUT2D eigenvalue weighted by atomic mass is 9.98. The molecule has 2 aliphatic rings. The van der Waals surface area contributed by atoms with Crippen molar-refractivity contribution < 1.29 is 4.74 Å². The Hall–Kier alpha value is -3.14. The number of rotatable bonds is 7. The van der Waals surface area contributed by atoms with E-state index in [0.717, 1.165) is 43.2 Å². The molecule has 0 aliphatic carbocycles. The molecule has 2 aliphatic heterocycles. The SMILES string of the molecule is C=Nc1c(C#N)ccc(N2CC3c4ccc(OCCN(C)C)cc4CN3[C@H](C)C2)c1/C=C\C. The number of hydrogen-bond acceptors (Lipinski definition) is 6. The van der Waals surface area contributed by atoms with Gasteiger partial charge in [-0.15, -0.1) is 0 Å². The number of ether oxygens (including phenoxy) is 1. The van der Waals surface area contributed by atoms with Crippen molar-refractivity contribution in [3.8, 4) is 11.8 Å². The van der Waals surface area contributed by atoms with Crippen LogP contribution in [0, 0.1) is 11.3 Å². The van der Waals surface area contributed by atoms with Crippen LogP contribution in [-0.4, -0.2) is 62.9 Å². The molecule has 1 saturated heterocycles. The third kappa shape index (κ3) is 4.52. The van der Waals surface area contributed by atoms with E-state index in [4.69, 9.17) is 4.74 Å². The number of fused-ring (bicyclic) bond motifs is 3. The Balaban J connectivity index is 1.62. The fourth-order valence-electron chi connectivity index (χ4n) is 5.00. The molecule has 6 nitrogen and oxygen atoms in total. The van der Waals surface area contributed by atoms with Gasteiger partial charge in [-0.3, -0.25) is 9.89 Å². The van der Waals surface area contributed by atoms with E-state index in [9.17, 15) is 5.26 Å². The molecular formula is C27H33N5O. The minimum absolute atomic E-state index is 0.328. The van der Waals surface area contributed by atoms with Crippen molar-refractivity contribution in [3.63, 3.8) is 0 Å². The zero-order valence-electron chi connectivity index (χ0n) is 20.1. The summed E-state index contributed by atoms with van der Waals surface area (Å²) in [7, 11) is 4.11. The van der Waals surface area contributed by atoms with E-state index >= 15 is 0 Å². The molecule has 172 valence electrons. The van der Waals surface area contributed by atoms with Gasteiger partial charge in [0.05, 0.1) is 17.3 Å². The van der Waals surface area contributed by atoms with Crippen LogP contribution in [-0.2, 0) is 6.54 Å². The van der Waals surface area contributed by atoms with Crippen molar-refractivity contribution in [2.45, 2.75) is 32.5 Å². The Kier molecular flexibility index (Phi) is 6.83.